The molecule has 3 aromatic rings. The lowest BCUT2D eigenvalue weighted by atomic mass is 10.1. The van der Waals surface area contributed by atoms with Crippen molar-refractivity contribution in [1.29, 1.82) is 0 Å². The molecule has 1 aliphatic rings. The maximum atomic E-state index is 14.6. The van der Waals surface area contributed by atoms with E-state index in [0.717, 1.165) is 4.90 Å². The minimum absolute atomic E-state index is 0.0907. The van der Waals surface area contributed by atoms with E-state index >= 15 is 0 Å². The number of hydrogen-bond donors (Lipinski definition) is 1. The molecule has 2 aromatic carbocycles. The smallest absolute Gasteiger partial charge is 0.414 e. The Kier molecular flexibility index (Phi) is 5.20. The molecular weight excluding hydrogens is 456 g/mol. The first kappa shape index (κ1) is 21.2. The van der Waals surface area contributed by atoms with Gasteiger partial charge in [0.2, 0.25) is 10.0 Å². The molecule has 0 fully saturated rings. The highest BCUT2D eigenvalue weighted by atomic mass is 35.5. The van der Waals surface area contributed by atoms with Crippen molar-refractivity contribution in [3.05, 3.63) is 58.2 Å². The Morgan fingerprint density at radius 3 is 2.55 bits per heavy atom. The van der Waals surface area contributed by atoms with Crippen LogP contribution in [-0.4, -0.2) is 26.6 Å². The number of sulfonamides is 1. The van der Waals surface area contributed by atoms with Crippen LogP contribution >= 0.6 is 11.6 Å². The van der Waals surface area contributed by atoms with E-state index in [4.69, 9.17) is 26.2 Å². The third-order valence-electron chi connectivity index (χ3n) is 4.79. The first-order chi connectivity index (χ1) is 14.6. The summed E-state index contributed by atoms with van der Waals surface area (Å²) in [5.74, 6) is -1.99. The van der Waals surface area contributed by atoms with E-state index in [1.54, 1.807) is 6.07 Å². The molecular formula is C19H14ClF2N3O5S. The van der Waals surface area contributed by atoms with E-state index in [9.17, 15) is 22.0 Å². The van der Waals surface area contributed by atoms with Gasteiger partial charge in [0.05, 0.1) is 34.8 Å². The number of nitrogens with zero attached hydrogens (tertiary/aromatic N) is 2. The van der Waals surface area contributed by atoms with Crippen LogP contribution in [0.1, 0.15) is 11.1 Å². The summed E-state index contributed by atoms with van der Waals surface area (Å²) in [6, 6.07) is 4.29. The lowest BCUT2D eigenvalue weighted by Gasteiger charge is -2.30. The van der Waals surface area contributed by atoms with Crippen LogP contribution in [0.3, 0.4) is 0 Å². The van der Waals surface area contributed by atoms with Gasteiger partial charge in [0.25, 0.3) is 0 Å². The van der Waals surface area contributed by atoms with Crippen molar-refractivity contribution in [2.45, 2.75) is 18.0 Å². The standard InChI is InChI=1S/C19H14ClF2N3O5S/c1-29-17-5-16-11(4-13(17)20)18-9(6-24-16)8-30-19(26)25(18)7-12-14(21)2-10(3-15(12)22)31(23,27)28/h2-6H,7-8H2,1H3,(H2,23,27,28). The van der Waals surface area contributed by atoms with Gasteiger partial charge < -0.3 is 9.47 Å². The van der Waals surface area contributed by atoms with E-state index < -0.39 is 44.8 Å². The number of methoxy groups -OCH3 is 1. The number of halogens is 3. The number of fused-ring (bicyclic) bond motifs is 3. The molecule has 2 N–H and O–H groups in total. The van der Waals surface area contributed by atoms with Crippen molar-refractivity contribution in [2.75, 3.05) is 12.0 Å². The highest BCUT2D eigenvalue weighted by Gasteiger charge is 2.31. The number of pyridine rings is 1. The van der Waals surface area contributed by atoms with Crippen LogP contribution in [0.4, 0.5) is 19.3 Å². The lowest BCUT2D eigenvalue weighted by molar-refractivity contribution is 0.141. The second kappa shape index (κ2) is 7.59. The third-order valence-corrected chi connectivity index (χ3v) is 5.98. The van der Waals surface area contributed by atoms with Crippen LogP contribution in [0.5, 0.6) is 5.75 Å². The Hall–Kier alpha value is -3.02. The summed E-state index contributed by atoms with van der Waals surface area (Å²) in [5, 5.41) is 5.63. The van der Waals surface area contributed by atoms with Gasteiger partial charge in [-0.15, -0.1) is 0 Å². The lowest BCUT2D eigenvalue weighted by Crippen LogP contribution is -2.36. The number of anilines is 1. The summed E-state index contributed by atoms with van der Waals surface area (Å²) in [6.07, 6.45) is 0.627. The summed E-state index contributed by atoms with van der Waals surface area (Å²) in [6.45, 7) is -0.663. The first-order valence-corrected chi connectivity index (χ1v) is 10.6. The Morgan fingerprint density at radius 1 is 1.26 bits per heavy atom. The molecule has 0 unspecified atom stereocenters. The molecule has 4 rings (SSSR count). The molecule has 0 aliphatic carbocycles. The molecule has 1 aromatic heterocycles. The van der Waals surface area contributed by atoms with Gasteiger partial charge in [-0.25, -0.2) is 27.1 Å². The Morgan fingerprint density at radius 2 is 1.94 bits per heavy atom. The van der Waals surface area contributed by atoms with Gasteiger partial charge in [-0.3, -0.25) is 9.88 Å². The van der Waals surface area contributed by atoms with Crippen molar-refractivity contribution < 1.29 is 31.5 Å². The van der Waals surface area contributed by atoms with Gasteiger partial charge in [0.1, 0.15) is 24.0 Å². The zero-order valence-electron chi connectivity index (χ0n) is 15.9. The topological polar surface area (TPSA) is 112 Å². The maximum absolute atomic E-state index is 14.6. The molecule has 0 atom stereocenters. The summed E-state index contributed by atoms with van der Waals surface area (Å²) in [4.78, 5) is 17.1. The van der Waals surface area contributed by atoms with Crippen LogP contribution < -0.4 is 14.8 Å². The SMILES string of the molecule is COc1cc2ncc3c(c2cc1Cl)N(Cc1c(F)cc(S(N)(=O)=O)cc1F)C(=O)OC3. The van der Waals surface area contributed by atoms with Gasteiger partial charge in [-0.05, 0) is 18.2 Å². The van der Waals surface area contributed by atoms with E-state index in [-0.39, 0.29) is 11.6 Å². The number of rotatable bonds is 4. The second-order valence-corrected chi connectivity index (χ2v) is 8.66. The highest BCUT2D eigenvalue weighted by Crippen LogP contribution is 2.39. The van der Waals surface area contributed by atoms with Crippen molar-refractivity contribution in [2.24, 2.45) is 5.14 Å². The number of amides is 1. The number of aromatic nitrogens is 1. The van der Waals surface area contributed by atoms with Crippen LogP contribution in [-0.2, 0) is 27.9 Å². The number of benzene rings is 2. The van der Waals surface area contributed by atoms with E-state index in [1.807, 2.05) is 0 Å². The van der Waals surface area contributed by atoms with E-state index in [1.165, 1.54) is 19.4 Å². The molecule has 0 spiro atoms. The predicted octanol–water partition coefficient (Wildman–Crippen LogP) is 3.48. The fourth-order valence-electron chi connectivity index (χ4n) is 3.31. The van der Waals surface area contributed by atoms with Gasteiger partial charge in [-0.1, -0.05) is 11.6 Å². The summed E-state index contributed by atoms with van der Waals surface area (Å²) in [7, 11) is -2.88. The largest absolute Gasteiger partial charge is 0.495 e. The molecule has 1 amide bonds. The van der Waals surface area contributed by atoms with Gasteiger partial charge in [0.15, 0.2) is 0 Å². The number of primary sulfonamides is 1. The molecule has 12 heteroatoms. The van der Waals surface area contributed by atoms with Gasteiger partial charge in [0, 0.05) is 28.8 Å². The van der Waals surface area contributed by atoms with Crippen LogP contribution in [0.2, 0.25) is 5.02 Å². The monoisotopic (exact) mass is 469 g/mol. The van der Waals surface area contributed by atoms with Crippen molar-refractivity contribution >= 4 is 44.3 Å². The molecule has 2 heterocycles. The molecule has 1 aliphatic heterocycles. The molecule has 0 bridgehead atoms. The molecule has 31 heavy (non-hydrogen) atoms. The predicted molar refractivity (Wildman–Crippen MR) is 107 cm³/mol. The molecule has 0 saturated heterocycles. The van der Waals surface area contributed by atoms with E-state index in [0.29, 0.717) is 40.0 Å². The van der Waals surface area contributed by atoms with E-state index in [2.05, 4.69) is 4.98 Å². The first-order valence-electron chi connectivity index (χ1n) is 8.70. The minimum atomic E-state index is -4.32. The fraction of sp³-hybridized carbons (Fsp3) is 0.158. The second-order valence-electron chi connectivity index (χ2n) is 6.69. The molecule has 162 valence electrons. The average Bonchev–Trinajstić information content (AvgIpc) is 2.70. The molecule has 0 radical (unpaired) electrons. The summed E-state index contributed by atoms with van der Waals surface area (Å²) < 4.78 is 62.3. The summed E-state index contributed by atoms with van der Waals surface area (Å²) in [5.41, 5.74) is 0.711. The average molecular weight is 470 g/mol. The number of carbonyl (C=O) groups excluding carboxylic acids is 1. The maximum Gasteiger partial charge on any atom is 0.414 e. The normalized spacial score (nSPS) is 13.8. The molecule has 8 nitrogen and oxygen atoms in total. The Balaban J connectivity index is 1.87. The van der Waals surface area contributed by atoms with Crippen LogP contribution in [0, 0.1) is 11.6 Å². The van der Waals surface area contributed by atoms with Crippen LogP contribution in [0.15, 0.2) is 35.4 Å². The highest BCUT2D eigenvalue weighted by molar-refractivity contribution is 7.89. The minimum Gasteiger partial charge on any atom is -0.495 e. The number of hydrogen-bond acceptors (Lipinski definition) is 6. The van der Waals surface area contributed by atoms with Crippen molar-refractivity contribution in [1.82, 2.24) is 4.98 Å². The number of ether oxygens (including phenoxy) is 2. The number of nitrogens with two attached hydrogens (primary N) is 1. The van der Waals surface area contributed by atoms with Gasteiger partial charge >= 0.3 is 6.09 Å². The number of cyclic esters (lactones) is 1. The zero-order chi connectivity index (χ0) is 22.5. The van der Waals surface area contributed by atoms with Crippen molar-refractivity contribution in [3.8, 4) is 5.75 Å². The molecule has 0 saturated carbocycles. The third kappa shape index (κ3) is 3.75. The Bertz CT molecular complexity index is 1330. The quantitative estimate of drug-likeness (QED) is 0.626. The zero-order valence-corrected chi connectivity index (χ0v) is 17.4. The number of carbonyl (C=O) groups is 1. The Labute approximate surface area is 180 Å². The van der Waals surface area contributed by atoms with Crippen molar-refractivity contribution in [3.63, 3.8) is 0 Å². The van der Waals surface area contributed by atoms with Gasteiger partial charge in [-0.2, -0.15) is 0 Å². The summed E-state index contributed by atoms with van der Waals surface area (Å²) >= 11 is 6.22. The fourth-order valence-corrected chi connectivity index (χ4v) is 4.08. The van der Waals surface area contributed by atoms with Crippen LogP contribution in [0.25, 0.3) is 10.9 Å².